The summed E-state index contributed by atoms with van der Waals surface area (Å²) in [6.07, 6.45) is 1.92. The van der Waals surface area contributed by atoms with Crippen molar-refractivity contribution in [1.29, 1.82) is 0 Å². The molecule has 254 valence electrons. The normalized spacial score (nSPS) is 12.6. The highest BCUT2D eigenvalue weighted by molar-refractivity contribution is 5.81. The Kier molecular flexibility index (Phi) is 10.2. The first-order valence-electron chi connectivity index (χ1n) is 16.3. The van der Waals surface area contributed by atoms with Crippen LogP contribution in [0.4, 0.5) is 0 Å². The average Bonchev–Trinajstić information content (AvgIpc) is 3.60. The molecule has 3 heterocycles. The van der Waals surface area contributed by atoms with Crippen LogP contribution in [0.5, 0.6) is 11.5 Å². The fourth-order valence-electron chi connectivity index (χ4n) is 5.41. The maximum absolute atomic E-state index is 12.6. The van der Waals surface area contributed by atoms with E-state index in [1.54, 1.807) is 36.4 Å². The van der Waals surface area contributed by atoms with Crippen LogP contribution < -0.4 is 31.3 Å². The second-order valence-corrected chi connectivity index (χ2v) is 11.4. The molecule has 1 aliphatic rings. The molecule has 0 radical (unpaired) electrons. The SMILES string of the molecule is O=c1cc(-c2ccccc2)oc2cc(OCCOCCN3C=C(COCCOc4ccc5c(=O)cc(-c6ccccc6)oc5c4)NN3)ccc12. The minimum atomic E-state index is -0.103. The van der Waals surface area contributed by atoms with E-state index >= 15 is 0 Å². The molecule has 7 rings (SSSR count). The van der Waals surface area contributed by atoms with Gasteiger partial charge in [0.2, 0.25) is 0 Å². The summed E-state index contributed by atoms with van der Waals surface area (Å²) >= 11 is 0. The number of nitrogens with one attached hydrogen (secondary N) is 2. The number of fused-ring (bicyclic) bond motifs is 2. The van der Waals surface area contributed by atoms with Crippen molar-refractivity contribution in [3.05, 3.63) is 142 Å². The predicted octanol–water partition coefficient (Wildman–Crippen LogP) is 5.89. The molecule has 4 aromatic carbocycles. The van der Waals surface area contributed by atoms with Crippen LogP contribution in [-0.2, 0) is 9.47 Å². The van der Waals surface area contributed by atoms with Crippen molar-refractivity contribution >= 4 is 21.9 Å². The van der Waals surface area contributed by atoms with Crippen LogP contribution in [0, 0.1) is 0 Å². The number of benzene rings is 4. The van der Waals surface area contributed by atoms with E-state index in [0.717, 1.165) is 16.8 Å². The zero-order valence-electron chi connectivity index (χ0n) is 27.1. The zero-order chi connectivity index (χ0) is 34.1. The van der Waals surface area contributed by atoms with Crippen LogP contribution in [0.2, 0.25) is 0 Å². The number of rotatable bonds is 15. The first-order chi connectivity index (χ1) is 24.6. The second kappa shape index (κ2) is 15.6. The molecule has 2 N–H and O–H groups in total. The third-order valence-corrected chi connectivity index (χ3v) is 7.92. The molecule has 50 heavy (non-hydrogen) atoms. The second-order valence-electron chi connectivity index (χ2n) is 11.4. The molecule has 0 fully saturated rings. The van der Waals surface area contributed by atoms with Gasteiger partial charge >= 0.3 is 0 Å². The van der Waals surface area contributed by atoms with Gasteiger partial charge in [-0.15, -0.1) is 5.53 Å². The number of ether oxygens (including phenoxy) is 4. The molecule has 0 atom stereocenters. The number of hydrazine groups is 2. The van der Waals surface area contributed by atoms with Gasteiger partial charge in [0.25, 0.3) is 0 Å². The summed E-state index contributed by atoms with van der Waals surface area (Å²) in [5, 5.41) is 2.88. The quantitative estimate of drug-likeness (QED) is 0.127. The Morgan fingerprint density at radius 1 is 0.580 bits per heavy atom. The first-order valence-corrected chi connectivity index (χ1v) is 16.3. The van der Waals surface area contributed by atoms with E-state index in [2.05, 4.69) is 11.0 Å². The number of hydrogen-bond donors (Lipinski definition) is 2. The summed E-state index contributed by atoms with van der Waals surface area (Å²) in [5.74, 6) is 2.22. The minimum absolute atomic E-state index is 0.101. The van der Waals surface area contributed by atoms with Gasteiger partial charge in [-0.05, 0) is 24.3 Å². The fraction of sp³-hybridized carbons (Fsp3) is 0.179. The molecule has 6 aromatic rings. The first kappa shape index (κ1) is 32.7. The van der Waals surface area contributed by atoms with Crippen LogP contribution in [0.3, 0.4) is 0 Å². The Morgan fingerprint density at radius 3 is 1.68 bits per heavy atom. The van der Waals surface area contributed by atoms with Crippen LogP contribution in [0.1, 0.15) is 0 Å². The molecule has 2 aromatic heterocycles. The van der Waals surface area contributed by atoms with Gasteiger partial charge in [0.15, 0.2) is 10.9 Å². The van der Waals surface area contributed by atoms with E-state index in [4.69, 9.17) is 27.8 Å². The molecule has 0 saturated heterocycles. The third kappa shape index (κ3) is 8.04. The van der Waals surface area contributed by atoms with Crippen LogP contribution in [0.15, 0.2) is 140 Å². The van der Waals surface area contributed by atoms with Crippen LogP contribution in [0.25, 0.3) is 44.6 Å². The summed E-state index contributed by atoms with van der Waals surface area (Å²) in [6, 6.07) is 32.4. The van der Waals surface area contributed by atoms with Crippen molar-refractivity contribution in [3.8, 4) is 34.1 Å². The van der Waals surface area contributed by atoms with E-state index in [1.807, 2.05) is 71.9 Å². The number of hydrogen-bond acceptors (Lipinski definition) is 11. The van der Waals surface area contributed by atoms with E-state index < -0.39 is 0 Å². The van der Waals surface area contributed by atoms with Crippen molar-refractivity contribution in [1.82, 2.24) is 16.0 Å². The topological polar surface area (TPSA) is 125 Å². The highest BCUT2D eigenvalue weighted by Gasteiger charge is 2.12. The Morgan fingerprint density at radius 2 is 1.12 bits per heavy atom. The third-order valence-electron chi connectivity index (χ3n) is 7.92. The van der Waals surface area contributed by atoms with Gasteiger partial charge in [-0.1, -0.05) is 60.7 Å². The lowest BCUT2D eigenvalue weighted by atomic mass is 10.1. The van der Waals surface area contributed by atoms with Crippen LogP contribution in [-0.4, -0.2) is 51.2 Å². The minimum Gasteiger partial charge on any atom is -0.491 e. The maximum Gasteiger partial charge on any atom is 0.193 e. The molecule has 1 aliphatic heterocycles. The Balaban J connectivity index is 0.799. The summed E-state index contributed by atoms with van der Waals surface area (Å²) in [4.78, 5) is 25.2. The van der Waals surface area contributed by atoms with E-state index in [9.17, 15) is 9.59 Å². The van der Waals surface area contributed by atoms with E-state index in [-0.39, 0.29) is 10.9 Å². The van der Waals surface area contributed by atoms with Gasteiger partial charge in [-0.25, -0.2) is 0 Å². The Labute approximate surface area is 287 Å². The summed E-state index contributed by atoms with van der Waals surface area (Å²) in [6.45, 7) is 2.88. The molecule has 0 aliphatic carbocycles. The Bertz CT molecular complexity index is 2220. The van der Waals surface area contributed by atoms with Gasteiger partial charge in [-0.2, -0.15) is 0 Å². The fourth-order valence-corrected chi connectivity index (χ4v) is 5.41. The van der Waals surface area contributed by atoms with Gasteiger partial charge in [0.05, 0.1) is 49.4 Å². The van der Waals surface area contributed by atoms with Crippen molar-refractivity contribution in [2.45, 2.75) is 0 Å². The summed E-state index contributed by atoms with van der Waals surface area (Å²) in [5.41, 5.74) is 9.42. The van der Waals surface area contributed by atoms with E-state index in [1.165, 1.54) is 12.1 Å². The molecule has 0 unspecified atom stereocenters. The molecule has 0 spiro atoms. The summed E-state index contributed by atoms with van der Waals surface area (Å²) in [7, 11) is 0. The van der Waals surface area contributed by atoms with Crippen molar-refractivity contribution in [2.24, 2.45) is 0 Å². The van der Waals surface area contributed by atoms with Crippen molar-refractivity contribution in [2.75, 3.05) is 46.2 Å². The van der Waals surface area contributed by atoms with Gasteiger partial charge in [0.1, 0.15) is 47.4 Å². The highest BCUT2D eigenvalue weighted by Crippen LogP contribution is 2.26. The molecule has 11 nitrogen and oxygen atoms in total. The largest absolute Gasteiger partial charge is 0.491 e. The number of nitrogens with zero attached hydrogens (tertiary/aromatic N) is 1. The van der Waals surface area contributed by atoms with Crippen molar-refractivity contribution < 1.29 is 27.8 Å². The van der Waals surface area contributed by atoms with E-state index in [0.29, 0.717) is 91.1 Å². The maximum atomic E-state index is 12.6. The molecular formula is C39H35N3O8. The summed E-state index contributed by atoms with van der Waals surface area (Å²) < 4.78 is 35.2. The lowest BCUT2D eigenvalue weighted by Crippen LogP contribution is -2.38. The molecule has 11 heteroatoms. The molecule has 0 bridgehead atoms. The van der Waals surface area contributed by atoms with Gasteiger partial charge in [-0.3, -0.25) is 14.6 Å². The standard InChI is InChI=1S/C39H35N3O8/c43-34-23-36(27-7-3-1-4-8-27)49-38-21-30(11-13-32(34)38)47-19-17-45-16-15-42-25-29(40-41-42)26-46-18-20-48-31-12-14-33-35(44)24-37(50-39(33)22-31)28-9-5-2-6-10-28/h1-14,21-25,40-41H,15-20,26H2. The smallest absolute Gasteiger partial charge is 0.193 e. The Hall–Kier alpha value is -5.88. The monoisotopic (exact) mass is 673 g/mol. The predicted molar refractivity (Wildman–Crippen MR) is 190 cm³/mol. The highest BCUT2D eigenvalue weighted by atomic mass is 16.5. The van der Waals surface area contributed by atoms with Gasteiger partial charge in [0, 0.05) is 41.6 Å². The average molecular weight is 674 g/mol. The lowest BCUT2D eigenvalue weighted by Gasteiger charge is -2.15. The van der Waals surface area contributed by atoms with Gasteiger partial charge < -0.3 is 33.2 Å². The lowest BCUT2D eigenvalue weighted by molar-refractivity contribution is 0.0797. The zero-order valence-corrected chi connectivity index (χ0v) is 27.1. The molecule has 0 saturated carbocycles. The van der Waals surface area contributed by atoms with Crippen molar-refractivity contribution in [3.63, 3.8) is 0 Å². The molecular weight excluding hydrogens is 638 g/mol. The molecule has 0 amide bonds. The van der Waals surface area contributed by atoms with Crippen LogP contribution >= 0.6 is 0 Å².